The van der Waals surface area contributed by atoms with Crippen molar-refractivity contribution in [1.29, 1.82) is 0 Å². The normalized spacial score (nSPS) is 10.8. The summed E-state index contributed by atoms with van der Waals surface area (Å²) in [6.07, 6.45) is 4.75. The molecule has 0 fully saturated rings. The minimum absolute atomic E-state index is 0.144. The molecule has 0 saturated carbocycles. The van der Waals surface area contributed by atoms with Crippen molar-refractivity contribution in [2.75, 3.05) is 19.0 Å². The number of ether oxygens (including phenoxy) is 1. The number of methoxy groups -OCH3 is 1. The van der Waals surface area contributed by atoms with Crippen molar-refractivity contribution in [2.45, 2.75) is 17.7 Å². The Balaban J connectivity index is 1.73. The van der Waals surface area contributed by atoms with E-state index in [1.54, 1.807) is 17.9 Å². The third-order valence-corrected chi connectivity index (χ3v) is 5.11. The van der Waals surface area contributed by atoms with E-state index in [1.165, 1.54) is 0 Å². The SMILES string of the molecule is COCCc1cnn(-c2ccc(NC(=O)Cc3ccccc3Cl)cc2SN)c1. The Labute approximate surface area is 173 Å². The van der Waals surface area contributed by atoms with Crippen LogP contribution in [0.5, 0.6) is 0 Å². The largest absolute Gasteiger partial charge is 0.384 e. The highest BCUT2D eigenvalue weighted by molar-refractivity contribution is 7.97. The summed E-state index contributed by atoms with van der Waals surface area (Å²) in [6, 6.07) is 12.9. The summed E-state index contributed by atoms with van der Waals surface area (Å²) in [5, 5.41) is 13.7. The molecule has 0 bridgehead atoms. The molecular weight excluding hydrogens is 396 g/mol. The van der Waals surface area contributed by atoms with Gasteiger partial charge in [0.2, 0.25) is 5.91 Å². The predicted molar refractivity (Wildman–Crippen MR) is 113 cm³/mol. The Morgan fingerprint density at radius 1 is 1.32 bits per heavy atom. The highest BCUT2D eigenvalue weighted by atomic mass is 35.5. The highest BCUT2D eigenvalue weighted by Crippen LogP contribution is 2.26. The number of hydrogen-bond donors (Lipinski definition) is 2. The van der Waals surface area contributed by atoms with Crippen LogP contribution in [0.15, 0.2) is 59.8 Å². The van der Waals surface area contributed by atoms with Crippen molar-refractivity contribution in [3.05, 3.63) is 71.0 Å². The van der Waals surface area contributed by atoms with Crippen molar-refractivity contribution in [3.8, 4) is 5.69 Å². The van der Waals surface area contributed by atoms with Crippen LogP contribution in [0.4, 0.5) is 5.69 Å². The highest BCUT2D eigenvalue weighted by Gasteiger charge is 2.11. The minimum atomic E-state index is -0.144. The summed E-state index contributed by atoms with van der Waals surface area (Å²) in [7, 11) is 1.67. The molecule has 28 heavy (non-hydrogen) atoms. The Morgan fingerprint density at radius 2 is 2.14 bits per heavy atom. The maximum Gasteiger partial charge on any atom is 0.228 e. The molecule has 0 saturated heterocycles. The first-order chi connectivity index (χ1) is 13.6. The number of anilines is 1. The molecule has 3 aromatic rings. The van der Waals surface area contributed by atoms with Gasteiger partial charge >= 0.3 is 0 Å². The zero-order valence-electron chi connectivity index (χ0n) is 15.4. The van der Waals surface area contributed by atoms with Crippen molar-refractivity contribution in [1.82, 2.24) is 9.78 Å². The van der Waals surface area contributed by atoms with E-state index in [2.05, 4.69) is 10.4 Å². The van der Waals surface area contributed by atoms with Gasteiger partial charge in [-0.1, -0.05) is 29.8 Å². The van der Waals surface area contributed by atoms with Crippen molar-refractivity contribution in [2.24, 2.45) is 5.14 Å². The van der Waals surface area contributed by atoms with Gasteiger partial charge in [-0.3, -0.25) is 9.93 Å². The van der Waals surface area contributed by atoms with E-state index in [0.717, 1.165) is 40.1 Å². The molecule has 3 N–H and O–H groups in total. The molecule has 0 atom stereocenters. The molecule has 0 aliphatic rings. The standard InChI is InChI=1S/C20H21ClN4O2S/c1-27-9-8-14-12-23-25(13-14)18-7-6-16(11-19(18)28-22)24-20(26)10-15-4-2-3-5-17(15)21/h2-7,11-13H,8-10,22H2,1H3,(H,24,26). The van der Waals surface area contributed by atoms with Crippen LogP contribution in [0.1, 0.15) is 11.1 Å². The maximum atomic E-state index is 12.4. The van der Waals surface area contributed by atoms with Gasteiger partial charge in [-0.05, 0) is 53.8 Å². The van der Waals surface area contributed by atoms with Crippen LogP contribution in [-0.2, 0) is 22.4 Å². The molecular formula is C20H21ClN4O2S. The van der Waals surface area contributed by atoms with E-state index in [4.69, 9.17) is 21.5 Å². The zero-order chi connectivity index (χ0) is 19.9. The number of nitrogens with zero attached hydrogens (tertiary/aromatic N) is 2. The number of halogens is 1. The molecule has 6 nitrogen and oxygen atoms in total. The summed E-state index contributed by atoms with van der Waals surface area (Å²) < 4.78 is 6.87. The number of carbonyl (C=O) groups is 1. The number of carbonyl (C=O) groups excluding carboxylic acids is 1. The second kappa shape index (κ2) is 9.75. The fraction of sp³-hybridized carbons (Fsp3) is 0.200. The van der Waals surface area contributed by atoms with Gasteiger partial charge in [0.15, 0.2) is 0 Å². The van der Waals surface area contributed by atoms with Crippen LogP contribution < -0.4 is 10.5 Å². The lowest BCUT2D eigenvalue weighted by molar-refractivity contribution is -0.115. The van der Waals surface area contributed by atoms with Gasteiger partial charge in [-0.25, -0.2) is 4.68 Å². The third kappa shape index (κ3) is 5.14. The lowest BCUT2D eigenvalue weighted by Crippen LogP contribution is -2.15. The van der Waals surface area contributed by atoms with E-state index in [-0.39, 0.29) is 12.3 Å². The first-order valence-electron chi connectivity index (χ1n) is 8.67. The molecule has 0 aliphatic heterocycles. The topological polar surface area (TPSA) is 82.2 Å². The molecule has 0 radical (unpaired) electrons. The van der Waals surface area contributed by atoms with Crippen LogP contribution in [0.2, 0.25) is 5.02 Å². The fourth-order valence-corrected chi connectivity index (χ4v) is 3.42. The minimum Gasteiger partial charge on any atom is -0.384 e. The van der Waals surface area contributed by atoms with Gasteiger partial charge < -0.3 is 10.1 Å². The Morgan fingerprint density at radius 3 is 2.89 bits per heavy atom. The van der Waals surface area contributed by atoms with Gasteiger partial charge in [0, 0.05) is 24.0 Å². The monoisotopic (exact) mass is 416 g/mol. The zero-order valence-corrected chi connectivity index (χ0v) is 17.0. The quantitative estimate of drug-likeness (QED) is 0.545. The van der Waals surface area contributed by atoms with Crippen molar-refractivity contribution < 1.29 is 9.53 Å². The van der Waals surface area contributed by atoms with Gasteiger partial charge in [0.25, 0.3) is 0 Å². The number of nitrogens with two attached hydrogens (primary N) is 1. The third-order valence-electron chi connectivity index (χ3n) is 4.16. The summed E-state index contributed by atoms with van der Waals surface area (Å²) >= 11 is 7.23. The fourth-order valence-electron chi connectivity index (χ4n) is 2.74. The number of benzene rings is 2. The maximum absolute atomic E-state index is 12.4. The lowest BCUT2D eigenvalue weighted by atomic mass is 10.1. The van der Waals surface area contributed by atoms with Gasteiger partial charge in [0.05, 0.1) is 29.8 Å². The van der Waals surface area contributed by atoms with Crippen LogP contribution in [-0.4, -0.2) is 29.4 Å². The van der Waals surface area contributed by atoms with E-state index in [0.29, 0.717) is 17.3 Å². The van der Waals surface area contributed by atoms with Crippen LogP contribution in [0.25, 0.3) is 5.69 Å². The number of aromatic nitrogens is 2. The molecule has 8 heteroatoms. The first-order valence-corrected chi connectivity index (χ1v) is 9.93. The first kappa shape index (κ1) is 20.4. The summed E-state index contributed by atoms with van der Waals surface area (Å²) in [6.45, 7) is 0.639. The van der Waals surface area contributed by atoms with E-state index >= 15 is 0 Å². The summed E-state index contributed by atoms with van der Waals surface area (Å²) in [4.78, 5) is 13.2. The van der Waals surface area contributed by atoms with Crippen LogP contribution >= 0.6 is 23.5 Å². The molecule has 0 aliphatic carbocycles. The number of nitrogens with one attached hydrogen (secondary N) is 1. The van der Waals surface area contributed by atoms with E-state index < -0.39 is 0 Å². The summed E-state index contributed by atoms with van der Waals surface area (Å²) in [5.74, 6) is -0.144. The molecule has 2 aromatic carbocycles. The average molecular weight is 417 g/mol. The van der Waals surface area contributed by atoms with Gasteiger partial charge in [-0.15, -0.1) is 0 Å². The Hall–Kier alpha value is -2.32. The second-order valence-electron chi connectivity index (χ2n) is 6.15. The molecule has 0 spiro atoms. The molecule has 1 amide bonds. The second-order valence-corrected chi connectivity index (χ2v) is 7.24. The Kier molecular flexibility index (Phi) is 7.11. The molecule has 3 rings (SSSR count). The van der Waals surface area contributed by atoms with Crippen molar-refractivity contribution in [3.63, 3.8) is 0 Å². The van der Waals surface area contributed by atoms with Crippen LogP contribution in [0, 0.1) is 0 Å². The predicted octanol–water partition coefficient (Wildman–Crippen LogP) is 3.86. The van der Waals surface area contributed by atoms with Crippen LogP contribution in [0.3, 0.4) is 0 Å². The molecule has 1 aromatic heterocycles. The summed E-state index contributed by atoms with van der Waals surface area (Å²) in [5.41, 5.74) is 3.37. The Bertz CT molecular complexity index is 961. The molecule has 0 unspecified atom stereocenters. The number of hydrogen-bond acceptors (Lipinski definition) is 5. The van der Waals surface area contributed by atoms with Crippen molar-refractivity contribution >= 4 is 35.1 Å². The van der Waals surface area contributed by atoms with E-state index in [9.17, 15) is 4.79 Å². The molecule has 1 heterocycles. The molecule has 146 valence electrons. The average Bonchev–Trinajstić information content (AvgIpc) is 3.16. The number of amides is 1. The number of rotatable bonds is 8. The lowest BCUT2D eigenvalue weighted by Gasteiger charge is -2.11. The van der Waals surface area contributed by atoms with Gasteiger partial charge in [-0.2, -0.15) is 5.10 Å². The van der Waals surface area contributed by atoms with Gasteiger partial charge in [0.1, 0.15) is 0 Å². The smallest absolute Gasteiger partial charge is 0.228 e. The van der Waals surface area contributed by atoms with E-state index in [1.807, 2.05) is 48.8 Å².